The highest BCUT2D eigenvalue weighted by molar-refractivity contribution is 7.89. The van der Waals surface area contributed by atoms with Gasteiger partial charge >= 0.3 is 0 Å². The molecule has 0 bridgehead atoms. The third kappa shape index (κ3) is 3.03. The predicted molar refractivity (Wildman–Crippen MR) is 80.8 cm³/mol. The van der Waals surface area contributed by atoms with Crippen LogP contribution in [-0.2, 0) is 10.0 Å². The van der Waals surface area contributed by atoms with Gasteiger partial charge in [-0.05, 0) is 31.2 Å². The van der Waals surface area contributed by atoms with Crippen molar-refractivity contribution in [3.8, 4) is 0 Å². The number of pyridine rings is 1. The van der Waals surface area contributed by atoms with Crippen molar-refractivity contribution in [3.05, 3.63) is 40.8 Å². The minimum atomic E-state index is -3.59. The van der Waals surface area contributed by atoms with Crippen LogP contribution < -0.4 is 23.3 Å². The standard InChI is InChI=1S/C14H17N3O3S.ClH/c18-14-12-3-1-4-13(11(12)5-7-16-14)21(19,20)17-9-2-6-15-8-10-17;/h1,3-5,7,15H,2,6,8-10H2,(H,16,18);1H/p-1. The normalized spacial score (nSPS) is 16.9. The molecule has 1 saturated heterocycles. The summed E-state index contributed by atoms with van der Waals surface area (Å²) in [6.45, 7) is 2.41. The average molecular weight is 343 g/mol. The summed E-state index contributed by atoms with van der Waals surface area (Å²) in [5.74, 6) is 0. The van der Waals surface area contributed by atoms with E-state index in [1.165, 1.54) is 10.5 Å². The lowest BCUT2D eigenvalue weighted by atomic mass is 10.2. The first-order valence-corrected chi connectivity index (χ1v) is 8.36. The summed E-state index contributed by atoms with van der Waals surface area (Å²) >= 11 is 0. The van der Waals surface area contributed by atoms with Crippen molar-refractivity contribution >= 4 is 20.8 Å². The molecule has 8 heteroatoms. The molecule has 1 fully saturated rings. The Morgan fingerprint density at radius 2 is 1.86 bits per heavy atom. The van der Waals surface area contributed by atoms with Crippen LogP contribution in [0.3, 0.4) is 0 Å². The van der Waals surface area contributed by atoms with Gasteiger partial charge in [0.2, 0.25) is 10.0 Å². The van der Waals surface area contributed by atoms with Gasteiger partial charge in [0.15, 0.2) is 0 Å². The van der Waals surface area contributed by atoms with E-state index in [0.717, 1.165) is 13.0 Å². The summed E-state index contributed by atoms with van der Waals surface area (Å²) in [7, 11) is -3.59. The summed E-state index contributed by atoms with van der Waals surface area (Å²) in [5, 5.41) is 4.05. The van der Waals surface area contributed by atoms with Gasteiger partial charge in [-0.1, -0.05) is 6.07 Å². The number of H-pyrrole nitrogens is 1. The fraction of sp³-hybridized carbons (Fsp3) is 0.357. The van der Waals surface area contributed by atoms with E-state index in [1.54, 1.807) is 24.3 Å². The molecule has 1 aromatic heterocycles. The lowest BCUT2D eigenvalue weighted by molar-refractivity contribution is -0.00000692. The van der Waals surface area contributed by atoms with Gasteiger partial charge < -0.3 is 22.7 Å². The van der Waals surface area contributed by atoms with E-state index in [9.17, 15) is 13.2 Å². The second-order valence-corrected chi connectivity index (χ2v) is 6.94. The highest BCUT2D eigenvalue weighted by atomic mass is 35.5. The molecule has 0 saturated carbocycles. The van der Waals surface area contributed by atoms with E-state index in [2.05, 4.69) is 10.3 Å². The summed E-state index contributed by atoms with van der Waals surface area (Å²) < 4.78 is 27.2. The van der Waals surface area contributed by atoms with Crippen LogP contribution >= 0.6 is 0 Å². The van der Waals surface area contributed by atoms with Crippen molar-refractivity contribution in [3.63, 3.8) is 0 Å². The van der Waals surface area contributed by atoms with E-state index in [0.29, 0.717) is 30.4 Å². The third-order valence-electron chi connectivity index (χ3n) is 3.69. The zero-order valence-electron chi connectivity index (χ0n) is 11.9. The Labute approximate surface area is 135 Å². The predicted octanol–water partition coefficient (Wildman–Crippen LogP) is -2.48. The molecule has 22 heavy (non-hydrogen) atoms. The smallest absolute Gasteiger partial charge is 0.255 e. The van der Waals surface area contributed by atoms with Crippen LogP contribution in [-0.4, -0.2) is 43.9 Å². The van der Waals surface area contributed by atoms with Crippen molar-refractivity contribution in [2.45, 2.75) is 11.3 Å². The Morgan fingerprint density at radius 3 is 2.68 bits per heavy atom. The SMILES string of the molecule is O=c1[nH]ccc2c(S(=O)(=O)N3CCCNCC3)cccc12.[Cl-]. The quantitative estimate of drug-likeness (QED) is 0.633. The molecule has 1 aliphatic heterocycles. The van der Waals surface area contributed by atoms with Crippen molar-refractivity contribution in [1.29, 1.82) is 0 Å². The highest BCUT2D eigenvalue weighted by Crippen LogP contribution is 2.24. The number of rotatable bonds is 2. The first-order valence-electron chi connectivity index (χ1n) is 6.92. The molecule has 0 unspecified atom stereocenters. The summed E-state index contributed by atoms with van der Waals surface area (Å²) in [4.78, 5) is 14.6. The lowest BCUT2D eigenvalue weighted by Crippen LogP contribution is -3.00. The fourth-order valence-electron chi connectivity index (χ4n) is 2.62. The minimum Gasteiger partial charge on any atom is -1.00 e. The molecular weight excluding hydrogens is 326 g/mol. The van der Waals surface area contributed by atoms with Crippen molar-refractivity contribution in [2.75, 3.05) is 26.2 Å². The van der Waals surface area contributed by atoms with Crippen LogP contribution in [0.5, 0.6) is 0 Å². The Balaban J connectivity index is 0.00000176. The van der Waals surface area contributed by atoms with Gasteiger partial charge in [-0.2, -0.15) is 4.31 Å². The number of aromatic nitrogens is 1. The van der Waals surface area contributed by atoms with Crippen molar-refractivity contribution in [1.82, 2.24) is 14.6 Å². The van der Waals surface area contributed by atoms with Crippen LogP contribution in [0.25, 0.3) is 10.8 Å². The molecule has 0 spiro atoms. The Hall–Kier alpha value is -1.41. The molecule has 0 radical (unpaired) electrons. The Kier molecular flexibility index (Phi) is 5.23. The Morgan fingerprint density at radius 1 is 1.05 bits per heavy atom. The van der Waals surface area contributed by atoms with Crippen LogP contribution in [0.15, 0.2) is 40.2 Å². The van der Waals surface area contributed by atoms with Gasteiger partial charge in [-0.3, -0.25) is 4.79 Å². The second kappa shape index (κ2) is 6.78. The minimum absolute atomic E-state index is 0. The maximum Gasteiger partial charge on any atom is 0.255 e. The molecule has 0 aliphatic carbocycles. The van der Waals surface area contributed by atoms with Gasteiger partial charge in [0.1, 0.15) is 0 Å². The summed E-state index contributed by atoms with van der Waals surface area (Å²) in [6, 6.07) is 6.45. The molecule has 0 atom stereocenters. The van der Waals surface area contributed by atoms with Gasteiger partial charge in [0.25, 0.3) is 5.56 Å². The molecule has 0 amide bonds. The topological polar surface area (TPSA) is 82.3 Å². The highest BCUT2D eigenvalue weighted by Gasteiger charge is 2.26. The second-order valence-electron chi connectivity index (χ2n) is 5.03. The van der Waals surface area contributed by atoms with Crippen LogP contribution in [0.1, 0.15) is 6.42 Å². The number of nitrogens with zero attached hydrogens (tertiary/aromatic N) is 1. The average Bonchev–Trinajstić information content (AvgIpc) is 2.77. The molecule has 1 aromatic carbocycles. The van der Waals surface area contributed by atoms with Gasteiger partial charge in [0, 0.05) is 36.6 Å². The molecule has 2 heterocycles. The monoisotopic (exact) mass is 342 g/mol. The number of fused-ring (bicyclic) bond motifs is 1. The van der Waals surface area contributed by atoms with E-state index in [4.69, 9.17) is 0 Å². The molecule has 120 valence electrons. The number of hydrogen-bond donors (Lipinski definition) is 2. The molecule has 6 nitrogen and oxygen atoms in total. The van der Waals surface area contributed by atoms with Crippen molar-refractivity contribution < 1.29 is 20.8 Å². The van der Waals surface area contributed by atoms with E-state index in [1.807, 2.05) is 0 Å². The lowest BCUT2D eigenvalue weighted by Gasteiger charge is -2.20. The van der Waals surface area contributed by atoms with Gasteiger partial charge in [-0.15, -0.1) is 0 Å². The summed E-state index contributed by atoms with van der Waals surface area (Å²) in [5.41, 5.74) is -0.276. The summed E-state index contributed by atoms with van der Waals surface area (Å²) in [6.07, 6.45) is 2.26. The number of benzene rings is 1. The molecule has 1 aliphatic rings. The van der Waals surface area contributed by atoms with E-state index < -0.39 is 10.0 Å². The molecular formula is C14H17ClN3O3S-. The van der Waals surface area contributed by atoms with Crippen molar-refractivity contribution in [2.24, 2.45) is 0 Å². The number of hydrogen-bond acceptors (Lipinski definition) is 4. The van der Waals surface area contributed by atoms with E-state index >= 15 is 0 Å². The van der Waals surface area contributed by atoms with Gasteiger partial charge in [0.05, 0.1) is 4.90 Å². The number of sulfonamides is 1. The zero-order chi connectivity index (χ0) is 14.9. The number of nitrogens with one attached hydrogen (secondary N) is 2. The first-order chi connectivity index (χ1) is 10.1. The molecule has 2 aromatic rings. The molecule has 2 N–H and O–H groups in total. The van der Waals surface area contributed by atoms with Crippen LogP contribution in [0, 0.1) is 0 Å². The third-order valence-corrected chi connectivity index (χ3v) is 5.65. The maximum absolute atomic E-state index is 12.9. The van der Waals surface area contributed by atoms with Gasteiger partial charge in [-0.25, -0.2) is 8.42 Å². The number of halogens is 1. The van der Waals surface area contributed by atoms with E-state index in [-0.39, 0.29) is 22.9 Å². The fourth-order valence-corrected chi connectivity index (χ4v) is 4.30. The zero-order valence-corrected chi connectivity index (χ0v) is 13.5. The molecule has 3 rings (SSSR count). The largest absolute Gasteiger partial charge is 1.00 e. The van der Waals surface area contributed by atoms with Crippen LogP contribution in [0.4, 0.5) is 0 Å². The number of aromatic amines is 1. The Bertz CT molecular complexity index is 811. The maximum atomic E-state index is 12.9. The van der Waals surface area contributed by atoms with Crippen LogP contribution in [0.2, 0.25) is 0 Å². The first kappa shape index (κ1) is 17.0.